The van der Waals surface area contributed by atoms with Crippen molar-refractivity contribution in [1.82, 2.24) is 10.2 Å². The van der Waals surface area contributed by atoms with Crippen LogP contribution in [0.1, 0.15) is 18.4 Å². The highest BCUT2D eigenvalue weighted by atomic mass is 16.6. The van der Waals surface area contributed by atoms with Crippen molar-refractivity contribution in [3.63, 3.8) is 0 Å². The summed E-state index contributed by atoms with van der Waals surface area (Å²) >= 11 is 0. The van der Waals surface area contributed by atoms with E-state index in [2.05, 4.69) is 16.1 Å². The minimum absolute atomic E-state index is 0.0592. The quantitative estimate of drug-likeness (QED) is 0.812. The lowest BCUT2D eigenvalue weighted by atomic mass is 9.95. The highest BCUT2D eigenvalue weighted by molar-refractivity contribution is 5.78. The van der Waals surface area contributed by atoms with E-state index in [9.17, 15) is 9.59 Å². The summed E-state index contributed by atoms with van der Waals surface area (Å²) in [7, 11) is 2.98. The Hall–Kier alpha value is -2.28. The summed E-state index contributed by atoms with van der Waals surface area (Å²) in [6, 6.07) is 7.75. The van der Waals surface area contributed by atoms with Crippen LogP contribution in [0.4, 0.5) is 4.79 Å². The van der Waals surface area contributed by atoms with Crippen molar-refractivity contribution in [2.45, 2.75) is 24.4 Å². The van der Waals surface area contributed by atoms with Crippen LogP contribution in [0.3, 0.4) is 0 Å². The molecule has 1 atom stereocenters. The number of urea groups is 1. The monoisotopic (exact) mass is 348 g/mol. The fourth-order valence-corrected chi connectivity index (χ4v) is 3.24. The van der Waals surface area contributed by atoms with Crippen molar-refractivity contribution in [2.24, 2.45) is 0 Å². The normalized spacial score (nSPS) is 21.4. The molecule has 0 aromatic heterocycles. The van der Waals surface area contributed by atoms with Gasteiger partial charge in [-0.15, -0.1) is 0 Å². The SMILES string of the molecule is COC(=O)[C@@H]1CN(C(=O)NCC2(c3ccccc3OC)CC2)CCO1. The maximum Gasteiger partial charge on any atom is 0.336 e. The predicted molar refractivity (Wildman–Crippen MR) is 90.6 cm³/mol. The Labute approximate surface area is 147 Å². The van der Waals surface area contributed by atoms with Gasteiger partial charge in [0.1, 0.15) is 5.75 Å². The summed E-state index contributed by atoms with van der Waals surface area (Å²) in [6.45, 7) is 1.54. The van der Waals surface area contributed by atoms with E-state index >= 15 is 0 Å². The maximum atomic E-state index is 12.5. The molecule has 25 heavy (non-hydrogen) atoms. The summed E-state index contributed by atoms with van der Waals surface area (Å²) in [5, 5.41) is 3.01. The molecule has 1 saturated heterocycles. The smallest absolute Gasteiger partial charge is 0.336 e. The number of hydrogen-bond donors (Lipinski definition) is 1. The van der Waals surface area contributed by atoms with Crippen LogP contribution in [0.5, 0.6) is 5.75 Å². The first kappa shape index (κ1) is 17.5. The summed E-state index contributed by atoms with van der Waals surface area (Å²) < 4.78 is 15.5. The molecule has 0 bridgehead atoms. The Morgan fingerprint density at radius 3 is 2.76 bits per heavy atom. The first-order chi connectivity index (χ1) is 12.1. The Balaban J connectivity index is 1.60. The van der Waals surface area contributed by atoms with Crippen molar-refractivity contribution in [3.05, 3.63) is 29.8 Å². The number of nitrogens with zero attached hydrogens (tertiary/aromatic N) is 1. The van der Waals surface area contributed by atoms with Crippen LogP contribution >= 0.6 is 0 Å². The van der Waals surface area contributed by atoms with Crippen molar-refractivity contribution >= 4 is 12.0 Å². The van der Waals surface area contributed by atoms with Gasteiger partial charge in [0.25, 0.3) is 0 Å². The molecule has 1 aliphatic heterocycles. The molecular formula is C18H24N2O5. The topological polar surface area (TPSA) is 77.1 Å². The van der Waals surface area contributed by atoms with Crippen molar-refractivity contribution < 1.29 is 23.8 Å². The molecular weight excluding hydrogens is 324 g/mol. The minimum Gasteiger partial charge on any atom is -0.496 e. The molecule has 1 N–H and O–H groups in total. The average Bonchev–Trinajstić information content (AvgIpc) is 3.46. The zero-order valence-electron chi connectivity index (χ0n) is 14.6. The molecule has 136 valence electrons. The summed E-state index contributed by atoms with van der Waals surface area (Å²) in [5.41, 5.74) is 1.07. The second kappa shape index (κ2) is 7.31. The maximum absolute atomic E-state index is 12.5. The van der Waals surface area contributed by atoms with Gasteiger partial charge in [-0.3, -0.25) is 0 Å². The lowest BCUT2D eigenvalue weighted by Crippen LogP contribution is -2.52. The van der Waals surface area contributed by atoms with E-state index in [0.29, 0.717) is 19.7 Å². The molecule has 1 saturated carbocycles. The Morgan fingerprint density at radius 1 is 1.32 bits per heavy atom. The number of rotatable bonds is 5. The largest absolute Gasteiger partial charge is 0.496 e. The second-order valence-electron chi connectivity index (χ2n) is 6.47. The molecule has 2 fully saturated rings. The van der Waals surface area contributed by atoms with Gasteiger partial charge in [-0.05, 0) is 18.9 Å². The molecule has 0 unspecified atom stereocenters. The van der Waals surface area contributed by atoms with E-state index in [-0.39, 0.29) is 18.0 Å². The Bertz CT molecular complexity index is 644. The first-order valence-corrected chi connectivity index (χ1v) is 8.45. The van der Waals surface area contributed by atoms with E-state index in [1.165, 1.54) is 7.11 Å². The molecule has 0 radical (unpaired) electrons. The van der Waals surface area contributed by atoms with E-state index in [1.54, 1.807) is 12.0 Å². The van der Waals surface area contributed by atoms with Gasteiger partial charge in [-0.2, -0.15) is 0 Å². The third-order valence-electron chi connectivity index (χ3n) is 4.93. The van der Waals surface area contributed by atoms with Gasteiger partial charge in [-0.25, -0.2) is 9.59 Å². The summed E-state index contributed by atoms with van der Waals surface area (Å²) in [4.78, 5) is 25.7. The van der Waals surface area contributed by atoms with Crippen molar-refractivity contribution in [2.75, 3.05) is 40.5 Å². The predicted octanol–water partition coefficient (Wildman–Crippen LogP) is 1.31. The van der Waals surface area contributed by atoms with Crippen LogP contribution in [0, 0.1) is 0 Å². The molecule has 2 aliphatic rings. The molecule has 1 aliphatic carbocycles. The number of benzene rings is 1. The Morgan fingerprint density at radius 2 is 2.08 bits per heavy atom. The number of amides is 2. The van der Waals surface area contributed by atoms with Gasteiger partial charge in [0.05, 0.1) is 27.4 Å². The van der Waals surface area contributed by atoms with Crippen molar-refractivity contribution in [3.8, 4) is 5.75 Å². The zero-order valence-corrected chi connectivity index (χ0v) is 14.6. The third-order valence-corrected chi connectivity index (χ3v) is 4.93. The third kappa shape index (κ3) is 3.71. The van der Waals surface area contributed by atoms with Crippen LogP contribution in [-0.2, 0) is 19.7 Å². The summed E-state index contributed by atoms with van der Waals surface area (Å²) in [5.74, 6) is 0.400. The number of carbonyl (C=O) groups excluding carboxylic acids is 2. The number of ether oxygens (including phenoxy) is 3. The average molecular weight is 348 g/mol. The number of esters is 1. The van der Waals surface area contributed by atoms with Crippen LogP contribution in [0.25, 0.3) is 0 Å². The van der Waals surface area contributed by atoms with Crippen LogP contribution in [0.2, 0.25) is 0 Å². The molecule has 3 rings (SSSR count). The number of para-hydroxylation sites is 1. The first-order valence-electron chi connectivity index (χ1n) is 8.45. The van der Waals surface area contributed by atoms with Gasteiger partial charge in [0.15, 0.2) is 6.10 Å². The van der Waals surface area contributed by atoms with Gasteiger partial charge in [0.2, 0.25) is 0 Å². The van der Waals surface area contributed by atoms with E-state index in [4.69, 9.17) is 9.47 Å². The summed E-state index contributed by atoms with van der Waals surface area (Å²) in [6.07, 6.45) is 1.32. The lowest BCUT2D eigenvalue weighted by molar-refractivity contribution is -0.158. The molecule has 7 nitrogen and oxygen atoms in total. The number of hydrogen-bond acceptors (Lipinski definition) is 5. The Kier molecular flexibility index (Phi) is 5.13. The van der Waals surface area contributed by atoms with Gasteiger partial charge in [0, 0.05) is 24.1 Å². The standard InChI is InChI=1S/C18H24N2O5/c1-23-14-6-4-3-5-13(14)18(7-8-18)12-19-17(22)20-9-10-25-15(11-20)16(21)24-2/h3-6,15H,7-12H2,1-2H3,(H,19,22)/t15-/m0/s1. The number of carbonyl (C=O) groups is 2. The molecule has 1 aromatic carbocycles. The fraction of sp³-hybridized carbons (Fsp3) is 0.556. The van der Waals surface area contributed by atoms with Crippen LogP contribution < -0.4 is 10.1 Å². The van der Waals surface area contributed by atoms with Crippen molar-refractivity contribution in [1.29, 1.82) is 0 Å². The minimum atomic E-state index is -0.714. The van der Waals surface area contributed by atoms with Crippen LogP contribution in [-0.4, -0.2) is 63.5 Å². The van der Waals surface area contributed by atoms with Gasteiger partial charge in [-0.1, -0.05) is 18.2 Å². The zero-order chi connectivity index (χ0) is 17.9. The number of morpholine rings is 1. The molecule has 0 spiro atoms. The van der Waals surface area contributed by atoms with E-state index in [0.717, 1.165) is 24.2 Å². The number of nitrogens with one attached hydrogen (secondary N) is 1. The van der Waals surface area contributed by atoms with Gasteiger partial charge < -0.3 is 24.4 Å². The van der Waals surface area contributed by atoms with E-state index in [1.807, 2.05) is 18.2 Å². The van der Waals surface area contributed by atoms with Gasteiger partial charge >= 0.3 is 12.0 Å². The fourth-order valence-electron chi connectivity index (χ4n) is 3.24. The molecule has 7 heteroatoms. The second-order valence-corrected chi connectivity index (χ2v) is 6.47. The number of methoxy groups -OCH3 is 2. The highest BCUT2D eigenvalue weighted by Gasteiger charge is 2.46. The molecule has 2 amide bonds. The molecule has 1 aromatic rings. The van der Waals surface area contributed by atoms with E-state index < -0.39 is 12.1 Å². The van der Waals surface area contributed by atoms with Crippen LogP contribution in [0.15, 0.2) is 24.3 Å². The lowest BCUT2D eigenvalue weighted by Gasteiger charge is -2.32. The highest BCUT2D eigenvalue weighted by Crippen LogP contribution is 2.50. The molecule has 1 heterocycles.